The molecule has 0 aliphatic heterocycles. The van der Waals surface area contributed by atoms with Crippen molar-refractivity contribution < 1.29 is 14.6 Å². The van der Waals surface area contributed by atoms with Crippen LogP contribution in [-0.4, -0.2) is 36.3 Å². The molecule has 0 unspecified atom stereocenters. The molecule has 0 aliphatic carbocycles. The van der Waals surface area contributed by atoms with E-state index in [0.29, 0.717) is 0 Å². The maximum atomic E-state index is 11.3. The summed E-state index contributed by atoms with van der Waals surface area (Å²) in [6, 6.07) is 15.1. The van der Waals surface area contributed by atoms with E-state index in [2.05, 4.69) is 18.7 Å². The number of carboxylic acids is 1. The zero-order valence-electron chi connectivity index (χ0n) is 15.4. The van der Waals surface area contributed by atoms with Gasteiger partial charge >= 0.3 is 5.97 Å². The zero-order chi connectivity index (χ0) is 18.8. The van der Waals surface area contributed by atoms with Crippen molar-refractivity contribution in [2.75, 3.05) is 19.1 Å². The minimum atomic E-state index is -0.942. The normalized spacial score (nSPS) is 11.0. The van der Waals surface area contributed by atoms with E-state index in [0.717, 1.165) is 33.6 Å². The average Bonchev–Trinajstić information content (AvgIpc) is 2.65. The number of ether oxygens (including phenoxy) is 1. The highest BCUT2D eigenvalue weighted by molar-refractivity contribution is 5.96. The predicted octanol–water partition coefficient (Wildman–Crippen LogP) is 4.45. The van der Waals surface area contributed by atoms with Crippen LogP contribution in [0.25, 0.3) is 22.2 Å². The fourth-order valence-corrected chi connectivity index (χ4v) is 2.83. The van der Waals surface area contributed by atoms with Gasteiger partial charge in [0, 0.05) is 24.0 Å². The van der Waals surface area contributed by atoms with E-state index in [1.807, 2.05) is 37.4 Å². The van der Waals surface area contributed by atoms with Crippen LogP contribution in [0.2, 0.25) is 0 Å². The molecule has 0 fully saturated rings. The van der Waals surface area contributed by atoms with Crippen molar-refractivity contribution in [2.24, 2.45) is 0 Å². The summed E-state index contributed by atoms with van der Waals surface area (Å²) in [5.74, 6) is -0.175. The summed E-state index contributed by atoms with van der Waals surface area (Å²) in [4.78, 5) is 18.3. The van der Waals surface area contributed by atoms with E-state index in [1.54, 1.807) is 25.3 Å². The molecular formula is C21H22N2O3. The van der Waals surface area contributed by atoms with Gasteiger partial charge in [-0.05, 0) is 50.2 Å². The monoisotopic (exact) mass is 350 g/mol. The third kappa shape index (κ3) is 3.33. The van der Waals surface area contributed by atoms with Gasteiger partial charge in [0.05, 0.1) is 29.6 Å². The quantitative estimate of drug-likeness (QED) is 0.736. The molecule has 26 heavy (non-hydrogen) atoms. The average molecular weight is 350 g/mol. The Morgan fingerprint density at radius 3 is 2.58 bits per heavy atom. The van der Waals surface area contributed by atoms with E-state index >= 15 is 0 Å². The molecule has 5 nitrogen and oxygen atoms in total. The van der Waals surface area contributed by atoms with Gasteiger partial charge in [0.15, 0.2) is 0 Å². The van der Waals surface area contributed by atoms with Gasteiger partial charge in [-0.2, -0.15) is 0 Å². The first kappa shape index (κ1) is 17.7. The molecule has 1 heterocycles. The smallest absolute Gasteiger partial charge is 0.335 e. The Balaban J connectivity index is 2.26. The van der Waals surface area contributed by atoms with Crippen molar-refractivity contribution in [3.05, 3.63) is 54.1 Å². The first-order valence-corrected chi connectivity index (χ1v) is 8.46. The summed E-state index contributed by atoms with van der Waals surface area (Å²) in [7, 11) is 3.65. The first-order chi connectivity index (χ1) is 12.4. The SMILES string of the molecule is COc1cccc(-c2nc3ccc(C(=O)O)cc3cc2N(C)C(C)C)c1. The fourth-order valence-electron chi connectivity index (χ4n) is 2.83. The molecule has 0 saturated heterocycles. The van der Waals surface area contributed by atoms with Gasteiger partial charge in [-0.15, -0.1) is 0 Å². The molecule has 5 heteroatoms. The summed E-state index contributed by atoms with van der Waals surface area (Å²) < 4.78 is 5.35. The van der Waals surface area contributed by atoms with Crippen molar-refractivity contribution in [3.8, 4) is 17.0 Å². The van der Waals surface area contributed by atoms with Gasteiger partial charge < -0.3 is 14.7 Å². The van der Waals surface area contributed by atoms with Crippen LogP contribution in [0.5, 0.6) is 5.75 Å². The molecule has 0 aliphatic rings. The van der Waals surface area contributed by atoms with Crippen LogP contribution in [0.1, 0.15) is 24.2 Å². The molecule has 3 aromatic rings. The summed E-state index contributed by atoms with van der Waals surface area (Å²) in [6.07, 6.45) is 0. The van der Waals surface area contributed by atoms with Crippen LogP contribution in [0.3, 0.4) is 0 Å². The number of fused-ring (bicyclic) bond motifs is 1. The topological polar surface area (TPSA) is 62.7 Å². The Morgan fingerprint density at radius 2 is 1.92 bits per heavy atom. The molecule has 0 bridgehead atoms. The molecule has 3 rings (SSSR count). The van der Waals surface area contributed by atoms with Gasteiger partial charge in [0.1, 0.15) is 5.75 Å². The molecule has 0 saturated carbocycles. The third-order valence-electron chi connectivity index (χ3n) is 4.54. The number of aromatic nitrogens is 1. The number of hydrogen-bond acceptors (Lipinski definition) is 4. The Bertz CT molecular complexity index is 967. The van der Waals surface area contributed by atoms with Crippen molar-refractivity contribution in [2.45, 2.75) is 19.9 Å². The van der Waals surface area contributed by atoms with Crippen LogP contribution in [-0.2, 0) is 0 Å². The highest BCUT2D eigenvalue weighted by Crippen LogP contribution is 2.34. The molecule has 1 N–H and O–H groups in total. The zero-order valence-corrected chi connectivity index (χ0v) is 15.4. The minimum Gasteiger partial charge on any atom is -0.497 e. The van der Waals surface area contributed by atoms with Gasteiger partial charge in [-0.3, -0.25) is 0 Å². The number of anilines is 1. The van der Waals surface area contributed by atoms with Crippen molar-refractivity contribution in [1.29, 1.82) is 0 Å². The molecule has 0 radical (unpaired) electrons. The lowest BCUT2D eigenvalue weighted by molar-refractivity contribution is 0.0697. The standard InChI is InChI=1S/C21H22N2O3/c1-13(2)23(3)19-12-16-10-15(21(24)25)8-9-18(16)22-20(19)14-6-5-7-17(11-14)26-4/h5-13H,1-4H3,(H,24,25). The largest absolute Gasteiger partial charge is 0.497 e. The highest BCUT2D eigenvalue weighted by Gasteiger charge is 2.16. The second-order valence-electron chi connectivity index (χ2n) is 6.51. The number of aromatic carboxylic acids is 1. The lowest BCUT2D eigenvalue weighted by Crippen LogP contribution is -2.26. The number of hydrogen-bond donors (Lipinski definition) is 1. The van der Waals surface area contributed by atoms with Crippen LogP contribution >= 0.6 is 0 Å². The number of benzene rings is 2. The number of pyridine rings is 1. The number of nitrogens with zero attached hydrogens (tertiary/aromatic N) is 2. The molecule has 134 valence electrons. The van der Waals surface area contributed by atoms with E-state index in [-0.39, 0.29) is 11.6 Å². The second-order valence-corrected chi connectivity index (χ2v) is 6.51. The Labute approximate surface area is 152 Å². The maximum Gasteiger partial charge on any atom is 0.335 e. The number of rotatable bonds is 5. The number of carbonyl (C=O) groups is 1. The van der Waals surface area contributed by atoms with E-state index in [1.165, 1.54) is 0 Å². The summed E-state index contributed by atoms with van der Waals surface area (Å²) in [5, 5.41) is 10.1. The lowest BCUT2D eigenvalue weighted by atomic mass is 10.0. The minimum absolute atomic E-state index is 0.256. The molecule has 2 aromatic carbocycles. The first-order valence-electron chi connectivity index (χ1n) is 8.46. The molecule has 0 atom stereocenters. The molecular weight excluding hydrogens is 328 g/mol. The van der Waals surface area contributed by atoms with Crippen molar-refractivity contribution in [3.63, 3.8) is 0 Å². The van der Waals surface area contributed by atoms with Gasteiger partial charge in [-0.1, -0.05) is 12.1 Å². The fraction of sp³-hybridized carbons (Fsp3) is 0.238. The van der Waals surface area contributed by atoms with Gasteiger partial charge in [-0.25, -0.2) is 9.78 Å². The Hall–Kier alpha value is -3.08. The number of carboxylic acid groups (broad SMARTS) is 1. The van der Waals surface area contributed by atoms with Crippen molar-refractivity contribution in [1.82, 2.24) is 4.98 Å². The molecule has 0 spiro atoms. The van der Waals surface area contributed by atoms with Crippen molar-refractivity contribution >= 4 is 22.6 Å². The van der Waals surface area contributed by atoms with Crippen LogP contribution in [0, 0.1) is 0 Å². The maximum absolute atomic E-state index is 11.3. The van der Waals surface area contributed by atoms with Crippen LogP contribution < -0.4 is 9.64 Å². The summed E-state index contributed by atoms with van der Waals surface area (Å²) >= 11 is 0. The van der Waals surface area contributed by atoms with Gasteiger partial charge in [0.25, 0.3) is 0 Å². The van der Waals surface area contributed by atoms with Crippen LogP contribution in [0.4, 0.5) is 5.69 Å². The summed E-state index contributed by atoms with van der Waals surface area (Å²) in [5.41, 5.74) is 3.76. The summed E-state index contributed by atoms with van der Waals surface area (Å²) in [6.45, 7) is 4.21. The van der Waals surface area contributed by atoms with E-state index < -0.39 is 5.97 Å². The van der Waals surface area contributed by atoms with Crippen LogP contribution in [0.15, 0.2) is 48.5 Å². The van der Waals surface area contributed by atoms with E-state index in [9.17, 15) is 9.90 Å². The third-order valence-corrected chi connectivity index (χ3v) is 4.54. The van der Waals surface area contributed by atoms with Gasteiger partial charge in [0.2, 0.25) is 0 Å². The van der Waals surface area contributed by atoms with E-state index in [4.69, 9.17) is 9.72 Å². The molecule has 1 aromatic heterocycles. The predicted molar refractivity (Wildman–Crippen MR) is 104 cm³/mol. The molecule has 0 amide bonds. The Morgan fingerprint density at radius 1 is 1.15 bits per heavy atom. The highest BCUT2D eigenvalue weighted by atomic mass is 16.5. The number of methoxy groups -OCH3 is 1. The lowest BCUT2D eigenvalue weighted by Gasteiger charge is -2.26. The second kappa shape index (κ2) is 7.04. The Kier molecular flexibility index (Phi) is 4.80.